The molecular formula is C12H22N4O2S2. The number of aliphatic carboxylic acids is 1. The Bertz CT molecular complexity index is 439. The molecule has 1 heterocycles. The van der Waals surface area contributed by atoms with E-state index >= 15 is 0 Å². The standard InChI is InChI=1S/C12H22N4O2S2/c1-5-7-13-12(2,9(17)18)6-8-19-11-15-14-10(20-11)16(3)4/h13H,5-8H2,1-4H3,(H,17,18). The van der Waals surface area contributed by atoms with Crippen LogP contribution in [0.25, 0.3) is 0 Å². The normalized spacial score (nSPS) is 14.0. The molecule has 0 saturated heterocycles. The quantitative estimate of drug-likeness (QED) is 0.674. The molecular weight excluding hydrogens is 296 g/mol. The third-order valence-electron chi connectivity index (χ3n) is 2.84. The zero-order valence-corrected chi connectivity index (χ0v) is 14.0. The highest BCUT2D eigenvalue weighted by molar-refractivity contribution is 8.01. The maximum atomic E-state index is 11.4. The number of thioether (sulfide) groups is 1. The fraction of sp³-hybridized carbons (Fsp3) is 0.750. The molecule has 0 radical (unpaired) electrons. The third-order valence-corrected chi connectivity index (χ3v) is 5.07. The van der Waals surface area contributed by atoms with Crippen molar-refractivity contribution in [3.63, 3.8) is 0 Å². The fourth-order valence-electron chi connectivity index (χ4n) is 1.46. The van der Waals surface area contributed by atoms with E-state index in [0.717, 1.165) is 15.9 Å². The summed E-state index contributed by atoms with van der Waals surface area (Å²) in [6.07, 6.45) is 1.46. The first-order chi connectivity index (χ1) is 9.39. The number of hydrogen-bond acceptors (Lipinski definition) is 7. The van der Waals surface area contributed by atoms with E-state index in [0.29, 0.717) is 18.7 Å². The number of anilines is 1. The molecule has 0 aliphatic rings. The summed E-state index contributed by atoms with van der Waals surface area (Å²) < 4.78 is 0.872. The van der Waals surface area contributed by atoms with Crippen molar-refractivity contribution < 1.29 is 9.90 Å². The lowest BCUT2D eigenvalue weighted by molar-refractivity contribution is -0.144. The van der Waals surface area contributed by atoms with Crippen molar-refractivity contribution in [3.8, 4) is 0 Å². The molecule has 8 heteroatoms. The number of carboxylic acids is 1. The summed E-state index contributed by atoms with van der Waals surface area (Å²) in [5.74, 6) is -0.112. The molecule has 6 nitrogen and oxygen atoms in total. The van der Waals surface area contributed by atoms with E-state index in [1.165, 1.54) is 11.3 Å². The van der Waals surface area contributed by atoms with Gasteiger partial charge < -0.3 is 15.3 Å². The number of carboxylic acid groups (broad SMARTS) is 1. The highest BCUT2D eigenvalue weighted by atomic mass is 32.2. The van der Waals surface area contributed by atoms with Gasteiger partial charge in [0.1, 0.15) is 5.54 Å². The number of hydrogen-bond donors (Lipinski definition) is 2. The minimum atomic E-state index is -0.877. The zero-order chi connectivity index (χ0) is 15.2. The van der Waals surface area contributed by atoms with Gasteiger partial charge in [-0.2, -0.15) is 0 Å². The molecule has 1 unspecified atom stereocenters. The Hall–Kier alpha value is -0.860. The summed E-state index contributed by atoms with van der Waals surface area (Å²) in [6.45, 7) is 4.46. The van der Waals surface area contributed by atoms with E-state index < -0.39 is 11.5 Å². The van der Waals surface area contributed by atoms with E-state index in [4.69, 9.17) is 0 Å². The average Bonchev–Trinajstić information content (AvgIpc) is 2.85. The van der Waals surface area contributed by atoms with Crippen molar-refractivity contribution in [2.45, 2.75) is 36.6 Å². The summed E-state index contributed by atoms with van der Waals surface area (Å²) in [4.78, 5) is 13.3. The first-order valence-electron chi connectivity index (χ1n) is 6.51. The van der Waals surface area contributed by atoms with Crippen LogP contribution in [0.3, 0.4) is 0 Å². The van der Waals surface area contributed by atoms with Crippen molar-refractivity contribution in [2.24, 2.45) is 0 Å². The van der Waals surface area contributed by atoms with E-state index in [-0.39, 0.29) is 0 Å². The molecule has 1 aromatic rings. The Morgan fingerprint density at radius 2 is 2.20 bits per heavy atom. The molecule has 1 rings (SSSR count). The van der Waals surface area contributed by atoms with Gasteiger partial charge in [-0.25, -0.2) is 0 Å². The lowest BCUT2D eigenvalue weighted by Crippen LogP contribution is -2.50. The highest BCUT2D eigenvalue weighted by Crippen LogP contribution is 2.28. The molecule has 0 aromatic carbocycles. The maximum absolute atomic E-state index is 11.4. The molecule has 114 valence electrons. The molecule has 0 bridgehead atoms. The maximum Gasteiger partial charge on any atom is 0.323 e. The van der Waals surface area contributed by atoms with Gasteiger partial charge in [0.05, 0.1) is 0 Å². The van der Waals surface area contributed by atoms with Gasteiger partial charge in [-0.05, 0) is 26.3 Å². The Labute approximate surface area is 128 Å². The molecule has 2 N–H and O–H groups in total. The second-order valence-corrected chi connectivity index (χ2v) is 7.21. The van der Waals surface area contributed by atoms with Crippen molar-refractivity contribution in [1.29, 1.82) is 0 Å². The lowest BCUT2D eigenvalue weighted by Gasteiger charge is -2.25. The van der Waals surface area contributed by atoms with Crippen molar-refractivity contribution in [3.05, 3.63) is 0 Å². The van der Waals surface area contributed by atoms with Gasteiger partial charge in [0.15, 0.2) is 4.34 Å². The summed E-state index contributed by atoms with van der Waals surface area (Å²) >= 11 is 3.07. The number of nitrogens with one attached hydrogen (secondary N) is 1. The Morgan fingerprint density at radius 3 is 2.70 bits per heavy atom. The van der Waals surface area contributed by atoms with Crippen LogP contribution in [-0.2, 0) is 4.79 Å². The molecule has 0 aliphatic heterocycles. The number of carbonyl (C=O) groups is 1. The number of aromatic nitrogens is 2. The van der Waals surface area contributed by atoms with Crippen LogP contribution >= 0.6 is 23.1 Å². The molecule has 1 aromatic heterocycles. The topological polar surface area (TPSA) is 78.4 Å². The Kier molecular flexibility index (Phi) is 6.70. The fourth-order valence-corrected chi connectivity index (χ4v) is 3.45. The van der Waals surface area contributed by atoms with Crippen molar-refractivity contribution in [1.82, 2.24) is 15.5 Å². The number of nitrogens with zero attached hydrogens (tertiary/aromatic N) is 3. The van der Waals surface area contributed by atoms with E-state index in [2.05, 4.69) is 15.5 Å². The van der Waals surface area contributed by atoms with Gasteiger partial charge in [-0.15, -0.1) is 10.2 Å². The SMILES string of the molecule is CCCNC(C)(CCSc1nnc(N(C)C)s1)C(=O)O. The molecule has 0 fully saturated rings. The van der Waals surface area contributed by atoms with E-state index in [9.17, 15) is 9.90 Å². The average molecular weight is 318 g/mol. The molecule has 0 aliphatic carbocycles. The summed E-state index contributed by atoms with van der Waals surface area (Å²) in [6, 6.07) is 0. The molecule has 0 spiro atoms. The summed E-state index contributed by atoms with van der Waals surface area (Å²) in [5, 5.41) is 21.4. The van der Waals surface area contributed by atoms with Crippen LogP contribution < -0.4 is 10.2 Å². The lowest BCUT2D eigenvalue weighted by atomic mass is 9.99. The van der Waals surface area contributed by atoms with Crippen LogP contribution in [-0.4, -0.2) is 53.2 Å². The van der Waals surface area contributed by atoms with E-state index in [1.54, 1.807) is 18.7 Å². The van der Waals surface area contributed by atoms with Gasteiger partial charge in [-0.3, -0.25) is 4.79 Å². The largest absolute Gasteiger partial charge is 0.480 e. The minimum Gasteiger partial charge on any atom is -0.480 e. The summed E-state index contributed by atoms with van der Waals surface area (Å²) in [7, 11) is 3.84. The summed E-state index contributed by atoms with van der Waals surface area (Å²) in [5.41, 5.74) is -0.877. The minimum absolute atomic E-state index is 0.546. The molecule has 20 heavy (non-hydrogen) atoms. The second-order valence-electron chi connectivity index (χ2n) is 4.91. The Balaban J connectivity index is 2.49. The first-order valence-corrected chi connectivity index (χ1v) is 8.31. The monoisotopic (exact) mass is 318 g/mol. The van der Waals surface area contributed by atoms with Crippen molar-refractivity contribution in [2.75, 3.05) is 31.3 Å². The highest BCUT2D eigenvalue weighted by Gasteiger charge is 2.31. The van der Waals surface area contributed by atoms with Crippen LogP contribution in [0.15, 0.2) is 4.34 Å². The molecule has 0 saturated carbocycles. The second kappa shape index (κ2) is 7.80. The Morgan fingerprint density at radius 1 is 1.50 bits per heavy atom. The first kappa shape index (κ1) is 17.2. The van der Waals surface area contributed by atoms with Crippen LogP contribution in [0.2, 0.25) is 0 Å². The van der Waals surface area contributed by atoms with Gasteiger partial charge in [0.25, 0.3) is 0 Å². The number of rotatable bonds is 9. The van der Waals surface area contributed by atoms with Crippen LogP contribution in [0.4, 0.5) is 5.13 Å². The predicted octanol–water partition coefficient (Wildman–Crippen LogP) is 1.93. The predicted molar refractivity (Wildman–Crippen MR) is 83.9 cm³/mol. The van der Waals surface area contributed by atoms with Crippen molar-refractivity contribution >= 4 is 34.2 Å². The van der Waals surface area contributed by atoms with Gasteiger partial charge >= 0.3 is 5.97 Å². The van der Waals surface area contributed by atoms with Crippen LogP contribution in [0, 0.1) is 0 Å². The van der Waals surface area contributed by atoms with Crippen LogP contribution in [0.1, 0.15) is 26.7 Å². The third kappa shape index (κ3) is 4.92. The molecule has 1 atom stereocenters. The van der Waals surface area contributed by atoms with Gasteiger partial charge in [0.2, 0.25) is 5.13 Å². The van der Waals surface area contributed by atoms with Gasteiger partial charge in [-0.1, -0.05) is 30.0 Å². The smallest absolute Gasteiger partial charge is 0.323 e. The van der Waals surface area contributed by atoms with Crippen LogP contribution in [0.5, 0.6) is 0 Å². The van der Waals surface area contributed by atoms with E-state index in [1.807, 2.05) is 25.9 Å². The molecule has 0 amide bonds. The zero-order valence-electron chi connectivity index (χ0n) is 12.3. The van der Waals surface area contributed by atoms with Gasteiger partial charge in [0, 0.05) is 19.8 Å².